The summed E-state index contributed by atoms with van der Waals surface area (Å²) in [6.45, 7) is 8.86. The van der Waals surface area contributed by atoms with E-state index in [1.54, 1.807) is 12.4 Å². The van der Waals surface area contributed by atoms with Gasteiger partial charge in [0.1, 0.15) is 5.75 Å². The first-order valence-electron chi connectivity index (χ1n) is 6.26. The van der Waals surface area contributed by atoms with Crippen LogP contribution in [0.5, 0.6) is 5.75 Å². The average molecular weight is 245 g/mol. The molecule has 2 aromatic rings. The van der Waals surface area contributed by atoms with E-state index in [1.165, 1.54) is 0 Å². The van der Waals surface area contributed by atoms with Crippen molar-refractivity contribution < 1.29 is 4.74 Å². The molecule has 0 fully saturated rings. The first kappa shape index (κ1) is 12.6. The lowest BCUT2D eigenvalue weighted by molar-refractivity contribution is 0.340. The van der Waals surface area contributed by atoms with Gasteiger partial charge in [-0.25, -0.2) is 0 Å². The summed E-state index contributed by atoms with van der Waals surface area (Å²) < 4.78 is 7.65. The third-order valence-electron chi connectivity index (χ3n) is 2.71. The number of nitrogens with zero attached hydrogens (tertiary/aromatic N) is 3. The van der Waals surface area contributed by atoms with Crippen LogP contribution < -0.4 is 4.74 Å². The Morgan fingerprint density at radius 3 is 2.83 bits per heavy atom. The molecule has 4 heteroatoms. The third kappa shape index (κ3) is 2.37. The second-order valence-corrected chi connectivity index (χ2v) is 4.51. The molecule has 0 aliphatic heterocycles. The van der Waals surface area contributed by atoms with Crippen LogP contribution in [0.2, 0.25) is 0 Å². The average Bonchev–Trinajstić information content (AvgIpc) is 2.72. The highest BCUT2D eigenvalue weighted by Crippen LogP contribution is 2.31. The predicted octanol–water partition coefficient (Wildman–Crippen LogP) is 3.23. The van der Waals surface area contributed by atoms with E-state index in [0.717, 1.165) is 22.7 Å². The van der Waals surface area contributed by atoms with Gasteiger partial charge in [0.15, 0.2) is 0 Å². The van der Waals surface area contributed by atoms with Gasteiger partial charge in [0.25, 0.3) is 0 Å². The monoisotopic (exact) mass is 245 g/mol. The molecule has 0 saturated heterocycles. The Morgan fingerprint density at radius 2 is 2.17 bits per heavy atom. The quantitative estimate of drug-likeness (QED) is 0.830. The first-order chi connectivity index (χ1) is 8.63. The fourth-order valence-electron chi connectivity index (χ4n) is 1.97. The maximum atomic E-state index is 5.63. The topological polar surface area (TPSA) is 39.9 Å². The van der Waals surface area contributed by atoms with Crippen LogP contribution in [0.25, 0.3) is 11.3 Å². The van der Waals surface area contributed by atoms with E-state index in [0.29, 0.717) is 12.6 Å². The molecule has 0 bridgehead atoms. The molecule has 2 aromatic heterocycles. The Bertz CT molecular complexity index is 532. The van der Waals surface area contributed by atoms with Crippen LogP contribution in [0.1, 0.15) is 32.5 Å². The van der Waals surface area contributed by atoms with E-state index >= 15 is 0 Å². The SMILES string of the molecule is CCOc1cnccc1-c1cc(C)nn1C(C)C. The van der Waals surface area contributed by atoms with Gasteiger partial charge in [0.05, 0.1) is 24.2 Å². The van der Waals surface area contributed by atoms with Crippen molar-refractivity contribution in [2.45, 2.75) is 33.7 Å². The molecule has 0 N–H and O–H groups in total. The van der Waals surface area contributed by atoms with Gasteiger partial charge in [-0.05, 0) is 39.8 Å². The fraction of sp³-hybridized carbons (Fsp3) is 0.429. The van der Waals surface area contributed by atoms with E-state index in [4.69, 9.17) is 4.74 Å². The van der Waals surface area contributed by atoms with E-state index in [2.05, 4.69) is 30.0 Å². The molecule has 4 nitrogen and oxygen atoms in total. The highest BCUT2D eigenvalue weighted by atomic mass is 16.5. The van der Waals surface area contributed by atoms with Crippen molar-refractivity contribution in [1.82, 2.24) is 14.8 Å². The van der Waals surface area contributed by atoms with E-state index < -0.39 is 0 Å². The lowest BCUT2D eigenvalue weighted by atomic mass is 10.1. The minimum absolute atomic E-state index is 0.316. The van der Waals surface area contributed by atoms with Crippen LogP contribution in [0.3, 0.4) is 0 Å². The Hall–Kier alpha value is -1.84. The van der Waals surface area contributed by atoms with Crippen molar-refractivity contribution in [3.8, 4) is 17.0 Å². The zero-order valence-corrected chi connectivity index (χ0v) is 11.3. The van der Waals surface area contributed by atoms with Gasteiger partial charge in [-0.3, -0.25) is 9.67 Å². The van der Waals surface area contributed by atoms with E-state index in [9.17, 15) is 0 Å². The summed E-state index contributed by atoms with van der Waals surface area (Å²) in [6, 6.07) is 4.37. The van der Waals surface area contributed by atoms with Gasteiger partial charge in [0, 0.05) is 17.8 Å². The molecule has 0 amide bonds. The summed E-state index contributed by atoms with van der Waals surface area (Å²) in [5.41, 5.74) is 3.13. The molecule has 2 rings (SSSR count). The molecule has 0 unspecified atom stereocenters. The summed E-state index contributed by atoms with van der Waals surface area (Å²) in [4.78, 5) is 4.12. The van der Waals surface area contributed by atoms with Crippen LogP contribution in [-0.4, -0.2) is 21.4 Å². The molecule has 0 saturated carbocycles. The second kappa shape index (κ2) is 5.21. The van der Waals surface area contributed by atoms with Crippen molar-refractivity contribution in [3.63, 3.8) is 0 Å². The van der Waals surface area contributed by atoms with Crippen LogP contribution in [0.15, 0.2) is 24.5 Å². The zero-order chi connectivity index (χ0) is 13.1. The summed E-state index contributed by atoms with van der Waals surface area (Å²) in [6.07, 6.45) is 3.54. The van der Waals surface area contributed by atoms with E-state index in [1.807, 2.05) is 24.6 Å². The normalized spacial score (nSPS) is 10.9. The lowest BCUT2D eigenvalue weighted by Gasteiger charge is -2.13. The lowest BCUT2D eigenvalue weighted by Crippen LogP contribution is -2.06. The van der Waals surface area contributed by atoms with Gasteiger partial charge < -0.3 is 4.74 Å². The molecule has 0 spiro atoms. The van der Waals surface area contributed by atoms with Gasteiger partial charge >= 0.3 is 0 Å². The standard InChI is InChI=1S/C14H19N3O/c1-5-18-14-9-15-7-6-12(14)13-8-11(4)16-17(13)10(2)3/h6-10H,5H2,1-4H3. The zero-order valence-electron chi connectivity index (χ0n) is 11.3. The van der Waals surface area contributed by atoms with Crippen LogP contribution in [-0.2, 0) is 0 Å². The molecule has 0 aliphatic rings. The number of ether oxygens (including phenoxy) is 1. The molecule has 18 heavy (non-hydrogen) atoms. The molecule has 0 radical (unpaired) electrons. The Balaban J connectivity index is 2.54. The van der Waals surface area contributed by atoms with Crippen LogP contribution in [0, 0.1) is 6.92 Å². The van der Waals surface area contributed by atoms with Crippen molar-refractivity contribution >= 4 is 0 Å². The minimum atomic E-state index is 0.316. The highest BCUT2D eigenvalue weighted by Gasteiger charge is 2.14. The van der Waals surface area contributed by atoms with Gasteiger partial charge in [-0.1, -0.05) is 0 Å². The number of aryl methyl sites for hydroxylation is 1. The summed E-state index contributed by atoms with van der Waals surface area (Å²) in [5, 5.41) is 4.53. The third-order valence-corrected chi connectivity index (χ3v) is 2.71. The second-order valence-electron chi connectivity index (χ2n) is 4.51. The van der Waals surface area contributed by atoms with Crippen molar-refractivity contribution in [2.24, 2.45) is 0 Å². The number of aromatic nitrogens is 3. The Labute approximate surface area is 108 Å². The molecule has 2 heterocycles. The largest absolute Gasteiger partial charge is 0.492 e. The smallest absolute Gasteiger partial charge is 0.146 e. The van der Waals surface area contributed by atoms with Crippen molar-refractivity contribution in [2.75, 3.05) is 6.61 Å². The Kier molecular flexibility index (Phi) is 3.65. The molecular formula is C14H19N3O. The number of hydrogen-bond donors (Lipinski definition) is 0. The van der Waals surface area contributed by atoms with Crippen molar-refractivity contribution in [1.29, 1.82) is 0 Å². The molecule has 96 valence electrons. The van der Waals surface area contributed by atoms with Gasteiger partial charge in [0.2, 0.25) is 0 Å². The summed E-state index contributed by atoms with van der Waals surface area (Å²) in [7, 11) is 0. The fourth-order valence-corrected chi connectivity index (χ4v) is 1.97. The molecule has 0 aliphatic carbocycles. The van der Waals surface area contributed by atoms with Crippen LogP contribution in [0.4, 0.5) is 0 Å². The minimum Gasteiger partial charge on any atom is -0.492 e. The maximum absolute atomic E-state index is 5.63. The number of hydrogen-bond acceptors (Lipinski definition) is 3. The van der Waals surface area contributed by atoms with Gasteiger partial charge in [-0.15, -0.1) is 0 Å². The Morgan fingerprint density at radius 1 is 1.39 bits per heavy atom. The molecular weight excluding hydrogens is 226 g/mol. The van der Waals surface area contributed by atoms with E-state index in [-0.39, 0.29) is 0 Å². The van der Waals surface area contributed by atoms with Crippen LogP contribution >= 0.6 is 0 Å². The predicted molar refractivity (Wildman–Crippen MR) is 71.7 cm³/mol. The van der Waals surface area contributed by atoms with Gasteiger partial charge in [-0.2, -0.15) is 5.10 Å². The molecule has 0 atom stereocenters. The van der Waals surface area contributed by atoms with Crippen molar-refractivity contribution in [3.05, 3.63) is 30.2 Å². The highest BCUT2D eigenvalue weighted by molar-refractivity contribution is 5.67. The number of pyridine rings is 1. The summed E-state index contributed by atoms with van der Waals surface area (Å²) >= 11 is 0. The maximum Gasteiger partial charge on any atom is 0.146 e. The summed E-state index contributed by atoms with van der Waals surface area (Å²) in [5.74, 6) is 0.807. The molecule has 0 aromatic carbocycles. The first-order valence-corrected chi connectivity index (χ1v) is 6.26. The number of rotatable bonds is 4.